The molecule has 0 spiro atoms. The Balaban J connectivity index is 0.00000280. The Morgan fingerprint density at radius 2 is 1.96 bits per heavy atom. The van der Waals surface area contributed by atoms with Gasteiger partial charge in [0.05, 0.1) is 18.5 Å². The summed E-state index contributed by atoms with van der Waals surface area (Å²) in [5, 5.41) is 7.49. The quantitative estimate of drug-likeness (QED) is 0.385. The summed E-state index contributed by atoms with van der Waals surface area (Å²) >= 11 is 0. The van der Waals surface area contributed by atoms with Crippen molar-refractivity contribution in [2.24, 2.45) is 12.0 Å². The minimum atomic E-state index is 0. The summed E-state index contributed by atoms with van der Waals surface area (Å²) < 4.78 is 6.83. The van der Waals surface area contributed by atoms with Gasteiger partial charge in [0.15, 0.2) is 5.96 Å². The van der Waals surface area contributed by atoms with Gasteiger partial charge in [-0.25, -0.2) is 0 Å². The first-order chi connectivity index (χ1) is 13.1. The van der Waals surface area contributed by atoms with E-state index in [4.69, 9.17) is 4.74 Å². The van der Waals surface area contributed by atoms with Crippen LogP contribution in [0.4, 0.5) is 5.69 Å². The van der Waals surface area contributed by atoms with Gasteiger partial charge in [-0.05, 0) is 11.1 Å². The molecule has 152 valence electrons. The lowest BCUT2D eigenvalue weighted by Gasteiger charge is -2.35. The molecule has 0 aliphatic carbocycles. The topological polar surface area (TPSA) is 75.0 Å². The maximum Gasteiger partial charge on any atom is 0.246 e. The molecule has 0 unspecified atom stereocenters. The van der Waals surface area contributed by atoms with Crippen LogP contribution in [-0.4, -0.2) is 60.3 Å². The van der Waals surface area contributed by atoms with Crippen LogP contribution >= 0.6 is 24.0 Å². The number of methoxy groups -OCH3 is 1. The van der Waals surface area contributed by atoms with E-state index >= 15 is 0 Å². The SMILES string of the molecule is CN=C(NCc1ccc(COC)cc1)N1CCN(c2cnn(C)c2)C(=O)C1.I. The van der Waals surface area contributed by atoms with Crippen LogP contribution < -0.4 is 10.2 Å². The molecule has 1 aromatic carbocycles. The molecule has 0 radical (unpaired) electrons. The number of hydrogen-bond acceptors (Lipinski definition) is 4. The van der Waals surface area contributed by atoms with Crippen LogP contribution in [-0.2, 0) is 29.7 Å². The largest absolute Gasteiger partial charge is 0.380 e. The van der Waals surface area contributed by atoms with Crippen molar-refractivity contribution < 1.29 is 9.53 Å². The van der Waals surface area contributed by atoms with Gasteiger partial charge in [0, 0.05) is 47.0 Å². The van der Waals surface area contributed by atoms with E-state index in [0.717, 1.165) is 22.8 Å². The zero-order valence-electron chi connectivity index (χ0n) is 16.5. The third-order valence-electron chi connectivity index (χ3n) is 4.52. The van der Waals surface area contributed by atoms with E-state index in [0.29, 0.717) is 32.8 Å². The summed E-state index contributed by atoms with van der Waals surface area (Å²) in [6, 6.07) is 8.25. The summed E-state index contributed by atoms with van der Waals surface area (Å²) in [5.74, 6) is 0.774. The average molecular weight is 498 g/mol. The highest BCUT2D eigenvalue weighted by molar-refractivity contribution is 14.0. The van der Waals surface area contributed by atoms with Crippen LogP contribution in [0.25, 0.3) is 0 Å². The molecule has 1 N–H and O–H groups in total. The predicted octanol–water partition coefficient (Wildman–Crippen LogP) is 1.61. The van der Waals surface area contributed by atoms with E-state index in [1.165, 1.54) is 0 Å². The number of guanidine groups is 1. The molecule has 28 heavy (non-hydrogen) atoms. The van der Waals surface area contributed by atoms with Gasteiger partial charge in [-0.1, -0.05) is 24.3 Å². The Morgan fingerprint density at radius 1 is 1.25 bits per heavy atom. The minimum Gasteiger partial charge on any atom is -0.380 e. The number of ether oxygens (including phenoxy) is 1. The molecule has 1 amide bonds. The number of anilines is 1. The highest BCUT2D eigenvalue weighted by Gasteiger charge is 2.27. The molecule has 9 heteroatoms. The van der Waals surface area contributed by atoms with Crippen LogP contribution in [0.3, 0.4) is 0 Å². The van der Waals surface area contributed by atoms with E-state index in [1.807, 2.05) is 18.1 Å². The summed E-state index contributed by atoms with van der Waals surface area (Å²) in [4.78, 5) is 20.6. The molecular weight excluding hydrogens is 471 g/mol. The maximum atomic E-state index is 12.6. The highest BCUT2D eigenvalue weighted by atomic mass is 127. The summed E-state index contributed by atoms with van der Waals surface area (Å²) in [7, 11) is 5.27. The summed E-state index contributed by atoms with van der Waals surface area (Å²) in [5.41, 5.74) is 3.13. The number of rotatable bonds is 5. The fourth-order valence-corrected chi connectivity index (χ4v) is 3.11. The van der Waals surface area contributed by atoms with Crippen molar-refractivity contribution >= 4 is 41.5 Å². The molecule has 8 nitrogen and oxygen atoms in total. The Kier molecular flexibility index (Phi) is 8.24. The van der Waals surface area contributed by atoms with E-state index < -0.39 is 0 Å². The van der Waals surface area contributed by atoms with Crippen molar-refractivity contribution in [3.8, 4) is 0 Å². The standard InChI is InChI=1S/C19H26N6O2.HI/c1-20-19(21-10-15-4-6-16(7-5-15)14-27-3)24-8-9-25(18(26)13-24)17-11-22-23(2)12-17;/h4-7,11-12H,8-10,13-14H2,1-3H3,(H,20,21);1H. The van der Waals surface area contributed by atoms with Crippen molar-refractivity contribution in [3.63, 3.8) is 0 Å². The normalized spacial score (nSPS) is 14.8. The fraction of sp³-hybridized carbons (Fsp3) is 0.421. The first-order valence-electron chi connectivity index (χ1n) is 8.92. The molecule has 1 aromatic heterocycles. The third-order valence-corrected chi connectivity index (χ3v) is 4.52. The smallest absolute Gasteiger partial charge is 0.246 e. The Morgan fingerprint density at radius 3 is 2.54 bits per heavy atom. The maximum absolute atomic E-state index is 12.6. The van der Waals surface area contributed by atoms with Gasteiger partial charge in [-0.2, -0.15) is 5.10 Å². The second-order valence-corrected chi connectivity index (χ2v) is 6.49. The average Bonchev–Trinajstić information content (AvgIpc) is 3.10. The van der Waals surface area contributed by atoms with E-state index in [-0.39, 0.29) is 29.9 Å². The third kappa shape index (κ3) is 5.44. The second kappa shape index (κ2) is 10.4. The number of carbonyl (C=O) groups is 1. The number of nitrogens with zero attached hydrogens (tertiary/aromatic N) is 5. The second-order valence-electron chi connectivity index (χ2n) is 6.49. The molecule has 2 aromatic rings. The first kappa shape index (κ1) is 22.2. The van der Waals surface area contributed by atoms with Crippen LogP contribution in [0, 0.1) is 0 Å². The Bertz CT molecular complexity index is 805. The van der Waals surface area contributed by atoms with E-state index in [1.54, 1.807) is 29.9 Å². The number of aryl methyl sites for hydroxylation is 1. The van der Waals surface area contributed by atoms with Crippen molar-refractivity contribution in [2.75, 3.05) is 38.7 Å². The lowest BCUT2D eigenvalue weighted by atomic mass is 10.1. The molecule has 0 atom stereocenters. The molecule has 1 saturated heterocycles. The van der Waals surface area contributed by atoms with Gasteiger partial charge < -0.3 is 19.9 Å². The summed E-state index contributed by atoms with van der Waals surface area (Å²) in [6.45, 7) is 2.88. The summed E-state index contributed by atoms with van der Waals surface area (Å²) in [6.07, 6.45) is 3.57. The van der Waals surface area contributed by atoms with Gasteiger partial charge in [0.1, 0.15) is 6.54 Å². The number of aliphatic imine (C=N–C) groups is 1. The minimum absolute atomic E-state index is 0. The zero-order chi connectivity index (χ0) is 19.2. The van der Waals surface area contributed by atoms with Crippen LogP contribution in [0.2, 0.25) is 0 Å². The van der Waals surface area contributed by atoms with Crippen molar-refractivity contribution in [1.82, 2.24) is 20.0 Å². The van der Waals surface area contributed by atoms with E-state index in [9.17, 15) is 4.79 Å². The lowest BCUT2D eigenvalue weighted by Crippen LogP contribution is -2.55. The van der Waals surface area contributed by atoms with Crippen LogP contribution in [0.1, 0.15) is 11.1 Å². The number of halogens is 1. The van der Waals surface area contributed by atoms with Gasteiger partial charge in [0.25, 0.3) is 0 Å². The molecule has 2 heterocycles. The van der Waals surface area contributed by atoms with Gasteiger partial charge in [-0.3, -0.25) is 14.5 Å². The van der Waals surface area contributed by atoms with Crippen LogP contribution in [0.15, 0.2) is 41.7 Å². The number of hydrogen-bond donors (Lipinski definition) is 1. The van der Waals surface area contributed by atoms with Gasteiger partial charge in [-0.15, -0.1) is 24.0 Å². The van der Waals surface area contributed by atoms with Crippen molar-refractivity contribution in [1.29, 1.82) is 0 Å². The molecule has 3 rings (SSSR count). The van der Waals surface area contributed by atoms with Gasteiger partial charge >= 0.3 is 0 Å². The lowest BCUT2D eigenvalue weighted by molar-refractivity contribution is -0.120. The number of piperazine rings is 1. The molecule has 1 aliphatic rings. The van der Waals surface area contributed by atoms with Gasteiger partial charge in [0.2, 0.25) is 5.91 Å². The first-order valence-corrected chi connectivity index (χ1v) is 8.92. The Labute approximate surface area is 182 Å². The highest BCUT2D eigenvalue weighted by Crippen LogP contribution is 2.16. The van der Waals surface area contributed by atoms with Crippen LogP contribution in [0.5, 0.6) is 0 Å². The molecule has 0 bridgehead atoms. The molecule has 1 fully saturated rings. The molecule has 0 saturated carbocycles. The number of aromatic nitrogens is 2. The number of nitrogens with one attached hydrogen (secondary N) is 1. The monoisotopic (exact) mass is 498 g/mol. The predicted molar refractivity (Wildman–Crippen MR) is 120 cm³/mol. The van der Waals surface area contributed by atoms with Crippen molar-refractivity contribution in [3.05, 3.63) is 47.8 Å². The fourth-order valence-electron chi connectivity index (χ4n) is 3.11. The van der Waals surface area contributed by atoms with Crippen molar-refractivity contribution in [2.45, 2.75) is 13.2 Å². The Hall–Kier alpha value is -2.14. The van der Waals surface area contributed by atoms with E-state index in [2.05, 4.69) is 39.7 Å². The number of carbonyl (C=O) groups excluding carboxylic acids is 1. The molecule has 1 aliphatic heterocycles. The zero-order valence-corrected chi connectivity index (χ0v) is 18.8. The molecular formula is C19H27IN6O2. The number of amides is 1. The number of benzene rings is 1.